The summed E-state index contributed by atoms with van der Waals surface area (Å²) in [4.78, 5) is 11.7. The highest BCUT2D eigenvalue weighted by atomic mass is 32.2. The van der Waals surface area contributed by atoms with Crippen molar-refractivity contribution in [3.8, 4) is 22.6 Å². The van der Waals surface area contributed by atoms with E-state index in [-0.39, 0.29) is 52.7 Å². The monoisotopic (exact) mass is 582 g/mol. The predicted molar refractivity (Wildman–Crippen MR) is 138 cm³/mol. The number of rotatable bonds is 9. The fourth-order valence-electron chi connectivity index (χ4n) is 4.08. The first-order chi connectivity index (χ1) is 18.8. The highest BCUT2D eigenvalue weighted by Gasteiger charge is 2.35. The number of aliphatic hydroxyl groups is 1. The van der Waals surface area contributed by atoms with Crippen LogP contribution in [-0.2, 0) is 14.8 Å². The first kappa shape index (κ1) is 29.2. The molecule has 0 radical (unpaired) electrons. The number of hydrogen-bond acceptors (Lipinski definition) is 6. The zero-order chi connectivity index (χ0) is 29.2. The topological polar surface area (TPSA) is 105 Å². The zero-order valence-corrected chi connectivity index (χ0v) is 22.2. The molecule has 4 rings (SSSR count). The highest BCUT2D eigenvalue weighted by Crippen LogP contribution is 2.41. The smallest absolute Gasteiger partial charge is 0.387 e. The van der Waals surface area contributed by atoms with E-state index in [1.54, 1.807) is 0 Å². The van der Waals surface area contributed by atoms with Crippen LogP contribution in [0, 0.1) is 11.6 Å². The second-order valence-electron chi connectivity index (χ2n) is 9.54. The second-order valence-corrected chi connectivity index (χ2v) is 11.4. The number of nitrogens with zero attached hydrogens (tertiary/aromatic N) is 1. The van der Waals surface area contributed by atoms with Crippen molar-refractivity contribution in [3.63, 3.8) is 0 Å². The van der Waals surface area contributed by atoms with Gasteiger partial charge in [0.05, 0.1) is 17.1 Å². The number of ether oxygens (including phenoxy) is 2. The average molecular weight is 583 g/mol. The zero-order valence-electron chi connectivity index (χ0n) is 21.4. The third kappa shape index (κ3) is 6.48. The van der Waals surface area contributed by atoms with E-state index in [0.717, 1.165) is 28.6 Å². The predicted octanol–water partition coefficient (Wildman–Crippen LogP) is 4.47. The van der Waals surface area contributed by atoms with Crippen molar-refractivity contribution in [1.82, 2.24) is 5.32 Å². The summed E-state index contributed by atoms with van der Waals surface area (Å²) in [6.07, 6.45) is -0.635. The van der Waals surface area contributed by atoms with E-state index in [2.05, 4.69) is 10.1 Å². The Balaban J connectivity index is 1.72. The Hall–Kier alpha value is -3.84. The number of anilines is 1. The van der Waals surface area contributed by atoms with E-state index in [1.807, 2.05) is 0 Å². The number of alkyl halides is 2. The molecule has 0 spiro atoms. The van der Waals surface area contributed by atoms with E-state index in [9.17, 15) is 35.9 Å². The molecule has 8 nitrogen and oxygen atoms in total. The first-order valence-corrected chi connectivity index (χ1v) is 13.5. The number of carbonyl (C=O) groups is 1. The Labute approximate surface area is 228 Å². The SMILES string of the molecule is CC(C)(O)C(=O)NCC[C@H]1CN(S(=O)(=O)c2cccc(OC(F)F)c2)c2cc(-c3cc(F)ccc3F)ccc2O1. The Kier molecular flexibility index (Phi) is 8.26. The quantitative estimate of drug-likeness (QED) is 0.361. The number of amides is 1. The fourth-order valence-corrected chi connectivity index (χ4v) is 5.61. The standard InChI is InChI=1S/C27H26F4N2O6S/c1-27(2,35)25(34)32-11-10-19-15-33(40(36,37)20-5-3-4-18(14-20)39-26(30)31)23-12-16(6-9-24(23)38-19)21-13-17(28)7-8-22(21)29/h3-9,12-14,19,26,35H,10-11,15H2,1-2H3,(H,32,34)/t19-/m0/s1. The number of benzene rings is 3. The molecule has 1 heterocycles. The minimum atomic E-state index is -4.42. The van der Waals surface area contributed by atoms with Crippen molar-refractivity contribution in [1.29, 1.82) is 0 Å². The molecule has 0 aliphatic carbocycles. The van der Waals surface area contributed by atoms with Crippen molar-refractivity contribution in [2.45, 2.75) is 43.5 Å². The maximum Gasteiger partial charge on any atom is 0.387 e. The molecule has 1 atom stereocenters. The number of halogens is 4. The van der Waals surface area contributed by atoms with Crippen molar-refractivity contribution >= 4 is 21.6 Å². The molecule has 0 fully saturated rings. The minimum Gasteiger partial charge on any atom is -0.486 e. The van der Waals surface area contributed by atoms with Crippen LogP contribution in [0.3, 0.4) is 0 Å². The maximum absolute atomic E-state index is 14.5. The molecule has 1 amide bonds. The number of sulfonamides is 1. The molecular weight excluding hydrogens is 556 g/mol. The Morgan fingerprint density at radius 1 is 1.15 bits per heavy atom. The van der Waals surface area contributed by atoms with E-state index >= 15 is 0 Å². The molecule has 0 saturated carbocycles. The van der Waals surface area contributed by atoms with E-state index in [4.69, 9.17) is 4.74 Å². The molecule has 2 N–H and O–H groups in total. The van der Waals surface area contributed by atoms with Crippen LogP contribution in [0.4, 0.5) is 23.2 Å². The molecule has 3 aromatic carbocycles. The van der Waals surface area contributed by atoms with Gasteiger partial charge in [0.1, 0.15) is 34.8 Å². The molecule has 3 aromatic rings. The lowest BCUT2D eigenvalue weighted by Gasteiger charge is -2.36. The molecule has 13 heteroatoms. The van der Waals surface area contributed by atoms with Crippen LogP contribution in [-0.4, -0.2) is 50.8 Å². The van der Waals surface area contributed by atoms with Gasteiger partial charge in [-0.15, -0.1) is 0 Å². The number of fused-ring (bicyclic) bond motifs is 1. The van der Waals surface area contributed by atoms with Gasteiger partial charge >= 0.3 is 6.61 Å². The van der Waals surface area contributed by atoms with E-state index in [0.29, 0.717) is 0 Å². The Bertz CT molecular complexity index is 1510. The van der Waals surface area contributed by atoms with Crippen molar-refractivity contribution in [2.24, 2.45) is 0 Å². The second kappa shape index (κ2) is 11.3. The number of nitrogens with one attached hydrogen (secondary N) is 1. The number of hydrogen-bond donors (Lipinski definition) is 2. The van der Waals surface area contributed by atoms with Gasteiger partial charge in [-0.05, 0) is 61.9 Å². The number of carbonyl (C=O) groups excluding carboxylic acids is 1. The largest absolute Gasteiger partial charge is 0.486 e. The van der Waals surface area contributed by atoms with E-state index < -0.39 is 45.9 Å². The third-order valence-electron chi connectivity index (χ3n) is 6.06. The van der Waals surface area contributed by atoms with Gasteiger partial charge in [-0.2, -0.15) is 8.78 Å². The average Bonchev–Trinajstić information content (AvgIpc) is 2.88. The summed E-state index contributed by atoms with van der Waals surface area (Å²) in [5, 5.41) is 12.4. The summed E-state index contributed by atoms with van der Waals surface area (Å²) in [7, 11) is -4.42. The van der Waals surface area contributed by atoms with Crippen molar-refractivity contribution < 1.29 is 45.4 Å². The lowest BCUT2D eigenvalue weighted by Crippen LogP contribution is -2.46. The van der Waals surface area contributed by atoms with Crippen LogP contribution in [0.2, 0.25) is 0 Å². The molecule has 0 bridgehead atoms. The van der Waals surface area contributed by atoms with Gasteiger partial charge in [-0.3, -0.25) is 9.10 Å². The van der Waals surface area contributed by atoms with E-state index in [1.165, 1.54) is 50.2 Å². The maximum atomic E-state index is 14.5. The minimum absolute atomic E-state index is 0.0121. The van der Waals surface area contributed by atoms with Gasteiger partial charge in [-0.25, -0.2) is 17.2 Å². The lowest BCUT2D eigenvalue weighted by molar-refractivity contribution is -0.136. The molecule has 0 saturated heterocycles. The van der Waals surface area contributed by atoms with Crippen molar-refractivity contribution in [2.75, 3.05) is 17.4 Å². The molecule has 0 aromatic heterocycles. The summed E-state index contributed by atoms with van der Waals surface area (Å²) < 4.78 is 92.9. The van der Waals surface area contributed by atoms with Gasteiger partial charge in [-0.1, -0.05) is 12.1 Å². The first-order valence-electron chi connectivity index (χ1n) is 12.1. The van der Waals surface area contributed by atoms with Gasteiger partial charge in [0.15, 0.2) is 0 Å². The molecule has 214 valence electrons. The van der Waals surface area contributed by atoms with Crippen LogP contribution in [0.15, 0.2) is 65.6 Å². The van der Waals surface area contributed by atoms with Crippen LogP contribution < -0.4 is 19.1 Å². The van der Waals surface area contributed by atoms with Gasteiger partial charge < -0.3 is 19.9 Å². The summed E-state index contributed by atoms with van der Waals surface area (Å²) in [5.41, 5.74) is -1.55. The summed E-state index contributed by atoms with van der Waals surface area (Å²) in [6, 6.07) is 11.6. The normalized spacial score (nSPS) is 15.4. The molecular formula is C27H26F4N2O6S. The summed E-state index contributed by atoms with van der Waals surface area (Å²) >= 11 is 0. The molecule has 0 unspecified atom stereocenters. The highest BCUT2D eigenvalue weighted by molar-refractivity contribution is 7.92. The molecule has 1 aliphatic rings. The molecule has 1 aliphatic heterocycles. The van der Waals surface area contributed by atoms with Gasteiger partial charge in [0, 0.05) is 24.6 Å². The van der Waals surface area contributed by atoms with Gasteiger partial charge in [0.25, 0.3) is 15.9 Å². The van der Waals surface area contributed by atoms with Crippen LogP contribution in [0.1, 0.15) is 20.3 Å². The fraction of sp³-hybridized carbons (Fsp3) is 0.296. The van der Waals surface area contributed by atoms with Gasteiger partial charge in [0.2, 0.25) is 0 Å². The Morgan fingerprint density at radius 2 is 1.90 bits per heavy atom. The summed E-state index contributed by atoms with van der Waals surface area (Å²) in [5.74, 6) is -2.32. The summed E-state index contributed by atoms with van der Waals surface area (Å²) in [6.45, 7) is -0.762. The van der Waals surface area contributed by atoms with Crippen molar-refractivity contribution in [3.05, 3.63) is 72.3 Å². The van der Waals surface area contributed by atoms with Crippen LogP contribution >= 0.6 is 0 Å². The molecule has 40 heavy (non-hydrogen) atoms. The van der Waals surface area contributed by atoms with Crippen LogP contribution in [0.5, 0.6) is 11.5 Å². The Morgan fingerprint density at radius 3 is 2.60 bits per heavy atom. The van der Waals surface area contributed by atoms with Crippen LogP contribution in [0.25, 0.3) is 11.1 Å². The lowest BCUT2D eigenvalue weighted by atomic mass is 10.0. The third-order valence-corrected chi connectivity index (χ3v) is 7.83.